The average molecular weight is 199 g/mol. The summed E-state index contributed by atoms with van der Waals surface area (Å²) in [7, 11) is 5.46. The molecule has 0 bridgehead atoms. The summed E-state index contributed by atoms with van der Waals surface area (Å²) < 4.78 is 0. The predicted octanol–water partition coefficient (Wildman–Crippen LogP) is 0.598. The SMILES string of the molecule is CC(C1CCNC1)N(C)C(=O)N(C)C. The number of hydrogen-bond donors (Lipinski definition) is 1. The van der Waals surface area contributed by atoms with Gasteiger partial charge in [0.1, 0.15) is 0 Å². The summed E-state index contributed by atoms with van der Waals surface area (Å²) in [6.07, 6.45) is 1.17. The monoisotopic (exact) mass is 199 g/mol. The summed E-state index contributed by atoms with van der Waals surface area (Å²) in [5.74, 6) is 0.601. The molecule has 4 heteroatoms. The van der Waals surface area contributed by atoms with Crippen LogP contribution in [0.4, 0.5) is 4.79 Å². The van der Waals surface area contributed by atoms with Crippen LogP contribution < -0.4 is 5.32 Å². The molecular formula is C10H21N3O. The Bertz CT molecular complexity index is 200. The number of rotatable bonds is 2. The van der Waals surface area contributed by atoms with Crippen LogP contribution in [0.25, 0.3) is 0 Å². The average Bonchev–Trinajstić information content (AvgIpc) is 2.67. The molecule has 0 radical (unpaired) electrons. The molecule has 0 aromatic carbocycles. The van der Waals surface area contributed by atoms with E-state index in [1.54, 1.807) is 19.0 Å². The standard InChI is InChI=1S/C10H21N3O/c1-8(9-5-6-11-7-9)13(4)10(14)12(2)3/h8-9,11H,5-7H2,1-4H3. The van der Waals surface area contributed by atoms with E-state index in [1.807, 2.05) is 11.9 Å². The van der Waals surface area contributed by atoms with Crippen molar-refractivity contribution in [3.8, 4) is 0 Å². The minimum atomic E-state index is 0.0874. The van der Waals surface area contributed by atoms with Crippen LogP contribution in [0.5, 0.6) is 0 Å². The van der Waals surface area contributed by atoms with Crippen molar-refractivity contribution in [1.29, 1.82) is 0 Å². The fraction of sp³-hybridized carbons (Fsp3) is 0.900. The van der Waals surface area contributed by atoms with Crippen molar-refractivity contribution in [2.45, 2.75) is 19.4 Å². The number of hydrogen-bond acceptors (Lipinski definition) is 2. The van der Waals surface area contributed by atoms with Gasteiger partial charge in [0, 0.05) is 27.2 Å². The van der Waals surface area contributed by atoms with Crippen molar-refractivity contribution in [2.75, 3.05) is 34.2 Å². The van der Waals surface area contributed by atoms with Crippen LogP contribution in [0.1, 0.15) is 13.3 Å². The van der Waals surface area contributed by atoms with Gasteiger partial charge in [-0.1, -0.05) is 0 Å². The van der Waals surface area contributed by atoms with E-state index in [4.69, 9.17) is 0 Å². The van der Waals surface area contributed by atoms with Crippen LogP contribution in [-0.2, 0) is 0 Å². The molecule has 14 heavy (non-hydrogen) atoms. The van der Waals surface area contributed by atoms with Gasteiger partial charge in [0.15, 0.2) is 0 Å². The van der Waals surface area contributed by atoms with Crippen molar-refractivity contribution in [3.63, 3.8) is 0 Å². The van der Waals surface area contributed by atoms with E-state index < -0.39 is 0 Å². The third-order valence-electron chi connectivity index (χ3n) is 3.08. The first-order chi connectivity index (χ1) is 6.54. The Balaban J connectivity index is 2.50. The lowest BCUT2D eigenvalue weighted by molar-refractivity contribution is 0.152. The molecule has 0 spiro atoms. The Hall–Kier alpha value is -0.770. The zero-order chi connectivity index (χ0) is 10.7. The Morgan fingerprint density at radius 1 is 1.43 bits per heavy atom. The van der Waals surface area contributed by atoms with Crippen LogP contribution in [0, 0.1) is 5.92 Å². The number of amides is 2. The molecule has 0 aliphatic carbocycles. The highest BCUT2D eigenvalue weighted by Gasteiger charge is 2.27. The fourth-order valence-corrected chi connectivity index (χ4v) is 1.89. The predicted molar refractivity (Wildman–Crippen MR) is 57.3 cm³/mol. The van der Waals surface area contributed by atoms with Gasteiger partial charge in [-0.3, -0.25) is 0 Å². The van der Waals surface area contributed by atoms with Crippen molar-refractivity contribution in [3.05, 3.63) is 0 Å². The van der Waals surface area contributed by atoms with Gasteiger partial charge in [0.2, 0.25) is 0 Å². The summed E-state index contributed by atoms with van der Waals surface area (Å²) in [5, 5.41) is 3.32. The zero-order valence-electron chi connectivity index (χ0n) is 9.58. The van der Waals surface area contributed by atoms with Gasteiger partial charge in [-0.15, -0.1) is 0 Å². The maximum Gasteiger partial charge on any atom is 0.319 e. The van der Waals surface area contributed by atoms with E-state index >= 15 is 0 Å². The quantitative estimate of drug-likeness (QED) is 0.707. The van der Waals surface area contributed by atoms with Crippen LogP contribution in [0.3, 0.4) is 0 Å². The molecule has 1 N–H and O–H groups in total. The lowest BCUT2D eigenvalue weighted by atomic mass is 10.00. The van der Waals surface area contributed by atoms with Gasteiger partial charge in [0.25, 0.3) is 0 Å². The van der Waals surface area contributed by atoms with Gasteiger partial charge >= 0.3 is 6.03 Å². The molecule has 4 nitrogen and oxygen atoms in total. The molecule has 2 amide bonds. The van der Waals surface area contributed by atoms with Crippen LogP contribution in [0.2, 0.25) is 0 Å². The summed E-state index contributed by atoms with van der Waals surface area (Å²) in [6, 6.07) is 0.407. The number of nitrogens with zero attached hydrogens (tertiary/aromatic N) is 2. The van der Waals surface area contributed by atoms with Gasteiger partial charge in [-0.2, -0.15) is 0 Å². The smallest absolute Gasteiger partial charge is 0.319 e. The zero-order valence-corrected chi connectivity index (χ0v) is 9.58. The molecule has 0 aromatic rings. The topological polar surface area (TPSA) is 35.6 Å². The van der Waals surface area contributed by atoms with E-state index in [1.165, 1.54) is 6.42 Å². The molecule has 2 atom stereocenters. The maximum absolute atomic E-state index is 11.7. The lowest BCUT2D eigenvalue weighted by Crippen LogP contribution is -2.45. The Morgan fingerprint density at radius 3 is 2.50 bits per heavy atom. The van der Waals surface area contributed by atoms with Crippen molar-refractivity contribution in [1.82, 2.24) is 15.1 Å². The minimum absolute atomic E-state index is 0.0874. The minimum Gasteiger partial charge on any atom is -0.331 e. The third-order valence-corrected chi connectivity index (χ3v) is 3.08. The second-order valence-electron chi connectivity index (χ2n) is 4.28. The summed E-state index contributed by atoms with van der Waals surface area (Å²) in [4.78, 5) is 15.1. The molecule has 1 heterocycles. The highest BCUT2D eigenvalue weighted by atomic mass is 16.2. The van der Waals surface area contributed by atoms with E-state index in [0.29, 0.717) is 12.0 Å². The van der Waals surface area contributed by atoms with E-state index in [-0.39, 0.29) is 6.03 Å². The first-order valence-electron chi connectivity index (χ1n) is 5.19. The third kappa shape index (κ3) is 2.38. The number of carbonyl (C=O) groups excluding carboxylic acids is 1. The molecule has 1 saturated heterocycles. The van der Waals surface area contributed by atoms with Gasteiger partial charge in [-0.25, -0.2) is 4.79 Å². The summed E-state index contributed by atoms with van der Waals surface area (Å²) >= 11 is 0. The largest absolute Gasteiger partial charge is 0.331 e. The maximum atomic E-state index is 11.7. The molecule has 82 valence electrons. The number of urea groups is 1. The van der Waals surface area contributed by atoms with Crippen LogP contribution >= 0.6 is 0 Å². The van der Waals surface area contributed by atoms with Crippen LogP contribution in [-0.4, -0.2) is 56.1 Å². The Kier molecular flexibility index (Phi) is 3.75. The Labute approximate surface area is 86.2 Å². The summed E-state index contributed by atoms with van der Waals surface area (Å²) in [6.45, 7) is 4.24. The molecule has 1 aliphatic rings. The molecule has 2 unspecified atom stereocenters. The lowest BCUT2D eigenvalue weighted by Gasteiger charge is -2.31. The number of carbonyl (C=O) groups is 1. The van der Waals surface area contributed by atoms with Crippen molar-refractivity contribution in [2.24, 2.45) is 5.92 Å². The molecule has 0 aromatic heterocycles. The molecule has 1 fully saturated rings. The summed E-state index contributed by atoms with van der Waals surface area (Å²) in [5.41, 5.74) is 0. The van der Waals surface area contributed by atoms with Crippen molar-refractivity contribution < 1.29 is 4.79 Å². The highest BCUT2D eigenvalue weighted by Crippen LogP contribution is 2.17. The molecule has 1 aliphatic heterocycles. The second kappa shape index (κ2) is 4.64. The van der Waals surface area contributed by atoms with Gasteiger partial charge in [-0.05, 0) is 32.4 Å². The first kappa shape index (κ1) is 11.3. The van der Waals surface area contributed by atoms with E-state index in [0.717, 1.165) is 13.1 Å². The van der Waals surface area contributed by atoms with Gasteiger partial charge < -0.3 is 15.1 Å². The van der Waals surface area contributed by atoms with Crippen LogP contribution in [0.15, 0.2) is 0 Å². The molecule has 1 rings (SSSR count). The van der Waals surface area contributed by atoms with Gasteiger partial charge in [0.05, 0.1) is 0 Å². The Morgan fingerprint density at radius 2 is 2.07 bits per heavy atom. The molecular weight excluding hydrogens is 178 g/mol. The highest BCUT2D eigenvalue weighted by molar-refractivity contribution is 5.73. The fourth-order valence-electron chi connectivity index (χ4n) is 1.89. The molecule has 0 saturated carbocycles. The second-order valence-corrected chi connectivity index (χ2v) is 4.28. The van der Waals surface area contributed by atoms with Crippen molar-refractivity contribution >= 4 is 6.03 Å². The normalized spacial score (nSPS) is 23.3. The number of nitrogens with one attached hydrogen (secondary N) is 1. The van der Waals surface area contributed by atoms with E-state index in [2.05, 4.69) is 12.2 Å². The first-order valence-corrected chi connectivity index (χ1v) is 5.19. The van der Waals surface area contributed by atoms with E-state index in [9.17, 15) is 4.79 Å².